The lowest BCUT2D eigenvalue weighted by molar-refractivity contribution is 0.199. The summed E-state index contributed by atoms with van der Waals surface area (Å²) in [6, 6.07) is 11.4. The zero-order chi connectivity index (χ0) is 15.6. The van der Waals surface area contributed by atoms with E-state index < -0.39 is 6.10 Å². The first-order chi connectivity index (χ1) is 9.88. The average molecular weight is 305 g/mol. The lowest BCUT2D eigenvalue weighted by Gasteiger charge is -2.14. The van der Waals surface area contributed by atoms with Gasteiger partial charge in [0.05, 0.1) is 11.1 Å². The Kier molecular flexibility index (Phi) is 4.92. The Hall–Kier alpha value is -1.51. The van der Waals surface area contributed by atoms with Crippen LogP contribution in [-0.4, -0.2) is 5.11 Å². The second-order valence-corrected chi connectivity index (χ2v) is 6.05. The second-order valence-electron chi connectivity index (χ2n) is 5.64. The molecule has 0 aromatic heterocycles. The van der Waals surface area contributed by atoms with E-state index >= 15 is 0 Å². The molecule has 1 unspecified atom stereocenters. The van der Waals surface area contributed by atoms with Gasteiger partial charge in [0.1, 0.15) is 11.5 Å². The van der Waals surface area contributed by atoms with Crippen molar-refractivity contribution in [2.24, 2.45) is 0 Å². The normalized spacial score (nSPS) is 12.5. The molecule has 0 amide bonds. The summed E-state index contributed by atoms with van der Waals surface area (Å²) in [5.74, 6) is 1.86. The highest BCUT2D eigenvalue weighted by Crippen LogP contribution is 2.33. The number of rotatable bonds is 4. The van der Waals surface area contributed by atoms with Gasteiger partial charge in [-0.2, -0.15) is 0 Å². The molecule has 2 aromatic rings. The van der Waals surface area contributed by atoms with Crippen LogP contribution >= 0.6 is 11.6 Å². The lowest BCUT2D eigenvalue weighted by atomic mass is 9.98. The molecule has 0 heterocycles. The van der Waals surface area contributed by atoms with E-state index in [-0.39, 0.29) is 0 Å². The van der Waals surface area contributed by atoms with Crippen molar-refractivity contribution in [2.45, 2.75) is 39.7 Å². The number of benzene rings is 2. The predicted molar refractivity (Wildman–Crippen MR) is 87.4 cm³/mol. The Morgan fingerprint density at radius 3 is 2.29 bits per heavy atom. The summed E-state index contributed by atoms with van der Waals surface area (Å²) < 4.78 is 5.85. The van der Waals surface area contributed by atoms with Crippen molar-refractivity contribution in [3.8, 4) is 11.5 Å². The number of halogens is 1. The van der Waals surface area contributed by atoms with Gasteiger partial charge in [-0.25, -0.2) is 0 Å². The topological polar surface area (TPSA) is 29.5 Å². The molecule has 21 heavy (non-hydrogen) atoms. The first-order valence-electron chi connectivity index (χ1n) is 7.14. The smallest absolute Gasteiger partial charge is 0.146 e. The highest BCUT2D eigenvalue weighted by Gasteiger charge is 2.09. The largest absolute Gasteiger partial charge is 0.456 e. The van der Waals surface area contributed by atoms with Crippen LogP contribution in [0.5, 0.6) is 11.5 Å². The molecule has 0 saturated heterocycles. The van der Waals surface area contributed by atoms with Crippen molar-refractivity contribution in [3.63, 3.8) is 0 Å². The fourth-order valence-electron chi connectivity index (χ4n) is 2.35. The highest BCUT2D eigenvalue weighted by molar-refractivity contribution is 6.32. The Morgan fingerprint density at radius 2 is 1.76 bits per heavy atom. The number of hydrogen-bond donors (Lipinski definition) is 1. The second kappa shape index (κ2) is 6.50. The van der Waals surface area contributed by atoms with Crippen LogP contribution in [0.4, 0.5) is 0 Å². The molecular formula is C18H21ClO2. The van der Waals surface area contributed by atoms with E-state index in [0.717, 1.165) is 11.3 Å². The van der Waals surface area contributed by atoms with Gasteiger partial charge in [0.25, 0.3) is 0 Å². The molecule has 112 valence electrons. The molecule has 2 nitrogen and oxygen atoms in total. The van der Waals surface area contributed by atoms with Crippen LogP contribution < -0.4 is 4.74 Å². The standard InChI is InChI=1S/C18H21ClO2/c1-11(2)16-7-6-15(9-12(16)3)21-18-8-5-14(13(4)20)10-17(18)19/h5-11,13,20H,1-4H3. The van der Waals surface area contributed by atoms with Crippen LogP contribution in [-0.2, 0) is 0 Å². The van der Waals surface area contributed by atoms with Gasteiger partial charge in [0.15, 0.2) is 0 Å². The van der Waals surface area contributed by atoms with Gasteiger partial charge in [-0.1, -0.05) is 37.6 Å². The summed E-state index contributed by atoms with van der Waals surface area (Å²) in [4.78, 5) is 0. The van der Waals surface area contributed by atoms with Gasteiger partial charge >= 0.3 is 0 Å². The van der Waals surface area contributed by atoms with Crippen LogP contribution in [0, 0.1) is 6.92 Å². The third kappa shape index (κ3) is 3.78. The van der Waals surface area contributed by atoms with E-state index in [9.17, 15) is 5.11 Å². The number of aryl methyl sites for hydroxylation is 1. The first-order valence-corrected chi connectivity index (χ1v) is 7.52. The molecule has 0 saturated carbocycles. The van der Waals surface area contributed by atoms with Crippen molar-refractivity contribution in [2.75, 3.05) is 0 Å². The van der Waals surface area contributed by atoms with E-state index in [4.69, 9.17) is 16.3 Å². The summed E-state index contributed by atoms with van der Waals surface area (Å²) in [6.07, 6.45) is -0.538. The number of aliphatic hydroxyl groups is 1. The lowest BCUT2D eigenvalue weighted by Crippen LogP contribution is -1.94. The van der Waals surface area contributed by atoms with Gasteiger partial charge in [0, 0.05) is 0 Å². The molecular weight excluding hydrogens is 284 g/mol. The Morgan fingerprint density at radius 1 is 1.05 bits per heavy atom. The molecule has 0 aliphatic heterocycles. The van der Waals surface area contributed by atoms with Crippen molar-refractivity contribution < 1.29 is 9.84 Å². The summed E-state index contributed by atoms with van der Waals surface area (Å²) in [5, 5.41) is 10.0. The van der Waals surface area contributed by atoms with Crippen molar-refractivity contribution in [3.05, 3.63) is 58.1 Å². The van der Waals surface area contributed by atoms with E-state index in [1.54, 1.807) is 19.1 Å². The zero-order valence-corrected chi connectivity index (χ0v) is 13.6. The van der Waals surface area contributed by atoms with Gasteiger partial charge in [-0.15, -0.1) is 0 Å². The first kappa shape index (κ1) is 15.9. The summed E-state index contributed by atoms with van der Waals surface area (Å²) in [5.41, 5.74) is 3.30. The number of ether oxygens (including phenoxy) is 1. The maximum absolute atomic E-state index is 9.55. The molecule has 0 spiro atoms. The zero-order valence-electron chi connectivity index (χ0n) is 12.9. The molecule has 2 rings (SSSR count). The molecule has 0 aliphatic carbocycles. The number of hydrogen-bond acceptors (Lipinski definition) is 2. The molecule has 2 aromatic carbocycles. The predicted octanol–water partition coefficient (Wildman–Crippen LogP) is 5.62. The maximum atomic E-state index is 9.55. The summed E-state index contributed by atoms with van der Waals surface area (Å²) in [6.45, 7) is 8.14. The Bertz CT molecular complexity index is 633. The van der Waals surface area contributed by atoms with E-state index in [0.29, 0.717) is 16.7 Å². The Labute approximate surface area is 131 Å². The fraction of sp³-hybridized carbons (Fsp3) is 0.333. The molecule has 0 aliphatic rings. The minimum atomic E-state index is -0.538. The SMILES string of the molecule is Cc1cc(Oc2ccc(C(C)O)cc2Cl)ccc1C(C)C. The minimum Gasteiger partial charge on any atom is -0.456 e. The van der Waals surface area contributed by atoms with Crippen LogP contribution in [0.3, 0.4) is 0 Å². The maximum Gasteiger partial charge on any atom is 0.146 e. The van der Waals surface area contributed by atoms with Crippen LogP contribution in [0.1, 0.15) is 49.5 Å². The fourth-order valence-corrected chi connectivity index (χ4v) is 2.57. The molecule has 1 N–H and O–H groups in total. The summed E-state index contributed by atoms with van der Waals surface area (Å²) >= 11 is 6.21. The van der Waals surface area contributed by atoms with Gasteiger partial charge in [-0.05, 0) is 60.7 Å². The molecule has 1 atom stereocenters. The summed E-state index contributed by atoms with van der Waals surface area (Å²) in [7, 11) is 0. The van der Waals surface area contributed by atoms with Gasteiger partial charge in [-0.3, -0.25) is 0 Å². The molecule has 0 radical (unpaired) electrons. The van der Waals surface area contributed by atoms with Crippen LogP contribution in [0.25, 0.3) is 0 Å². The molecule has 0 bridgehead atoms. The highest BCUT2D eigenvalue weighted by atomic mass is 35.5. The third-order valence-electron chi connectivity index (χ3n) is 3.53. The number of aliphatic hydroxyl groups excluding tert-OH is 1. The van der Waals surface area contributed by atoms with E-state index in [2.05, 4.69) is 26.8 Å². The van der Waals surface area contributed by atoms with Gasteiger partial charge < -0.3 is 9.84 Å². The minimum absolute atomic E-state index is 0.493. The van der Waals surface area contributed by atoms with E-state index in [1.807, 2.05) is 18.2 Å². The molecule has 0 fully saturated rings. The Balaban J connectivity index is 2.24. The third-order valence-corrected chi connectivity index (χ3v) is 3.82. The van der Waals surface area contributed by atoms with Crippen molar-refractivity contribution in [1.29, 1.82) is 0 Å². The van der Waals surface area contributed by atoms with Crippen LogP contribution in [0.15, 0.2) is 36.4 Å². The monoisotopic (exact) mass is 304 g/mol. The van der Waals surface area contributed by atoms with Crippen molar-refractivity contribution in [1.82, 2.24) is 0 Å². The van der Waals surface area contributed by atoms with Crippen molar-refractivity contribution >= 4 is 11.6 Å². The van der Waals surface area contributed by atoms with Crippen LogP contribution in [0.2, 0.25) is 5.02 Å². The van der Waals surface area contributed by atoms with Gasteiger partial charge in [0.2, 0.25) is 0 Å². The average Bonchev–Trinajstić information content (AvgIpc) is 2.40. The quantitative estimate of drug-likeness (QED) is 0.794. The van der Waals surface area contributed by atoms with E-state index in [1.165, 1.54) is 11.1 Å². The molecule has 3 heteroatoms.